The zero-order valence-electron chi connectivity index (χ0n) is 19.1. The van der Waals surface area contributed by atoms with Gasteiger partial charge in [0.05, 0.1) is 5.56 Å². The standard InChI is InChI=1S/C25H34N4O2/c1-18(2)16-28(4)25(31)21-8-10-29(11-9-21)17-20-6-5-7-23(13-20)27-24(30)22-12-19(3)14-26-15-22/h5-7,12-15,18,21H,8-11,16-17H2,1-4H3,(H,27,30). The maximum Gasteiger partial charge on any atom is 0.257 e. The van der Waals surface area contributed by atoms with Crippen LogP contribution in [0.4, 0.5) is 5.69 Å². The van der Waals surface area contributed by atoms with Gasteiger partial charge < -0.3 is 10.2 Å². The fourth-order valence-corrected chi connectivity index (χ4v) is 4.18. The first-order valence-corrected chi connectivity index (χ1v) is 11.1. The molecule has 2 amide bonds. The molecule has 1 saturated heterocycles. The van der Waals surface area contributed by atoms with E-state index >= 15 is 0 Å². The first kappa shape index (κ1) is 22.9. The molecule has 166 valence electrons. The number of aryl methyl sites for hydroxylation is 1. The Kier molecular flexibility index (Phi) is 7.80. The molecular weight excluding hydrogens is 388 g/mol. The van der Waals surface area contributed by atoms with E-state index in [2.05, 4.69) is 35.1 Å². The number of carbonyl (C=O) groups excluding carboxylic acids is 2. The van der Waals surface area contributed by atoms with Crippen LogP contribution in [-0.2, 0) is 11.3 Å². The maximum atomic E-state index is 12.6. The van der Waals surface area contributed by atoms with Crippen molar-refractivity contribution >= 4 is 17.5 Å². The third-order valence-electron chi connectivity index (χ3n) is 5.68. The van der Waals surface area contributed by atoms with E-state index in [-0.39, 0.29) is 17.7 Å². The van der Waals surface area contributed by atoms with Gasteiger partial charge in [-0.05, 0) is 68.1 Å². The van der Waals surface area contributed by atoms with Gasteiger partial charge in [0.25, 0.3) is 5.91 Å². The van der Waals surface area contributed by atoms with Crippen molar-refractivity contribution in [2.45, 2.75) is 40.2 Å². The summed E-state index contributed by atoms with van der Waals surface area (Å²) in [6, 6.07) is 9.80. The fraction of sp³-hybridized carbons (Fsp3) is 0.480. The smallest absolute Gasteiger partial charge is 0.257 e. The molecule has 0 bridgehead atoms. The highest BCUT2D eigenvalue weighted by Gasteiger charge is 2.27. The molecule has 0 spiro atoms. The van der Waals surface area contributed by atoms with Gasteiger partial charge in [-0.2, -0.15) is 0 Å². The average Bonchev–Trinajstić information content (AvgIpc) is 2.73. The molecule has 2 heterocycles. The molecule has 0 radical (unpaired) electrons. The molecule has 0 atom stereocenters. The number of carbonyl (C=O) groups is 2. The Morgan fingerprint density at radius 2 is 1.94 bits per heavy atom. The van der Waals surface area contributed by atoms with Gasteiger partial charge in [0.1, 0.15) is 0 Å². The Labute approximate surface area is 185 Å². The molecule has 0 unspecified atom stereocenters. The van der Waals surface area contributed by atoms with Crippen molar-refractivity contribution in [2.24, 2.45) is 11.8 Å². The second kappa shape index (κ2) is 10.5. The lowest BCUT2D eigenvalue weighted by atomic mass is 9.94. The Morgan fingerprint density at radius 3 is 2.61 bits per heavy atom. The van der Waals surface area contributed by atoms with E-state index in [0.717, 1.165) is 55.8 Å². The first-order valence-electron chi connectivity index (χ1n) is 11.1. The zero-order valence-corrected chi connectivity index (χ0v) is 19.1. The van der Waals surface area contributed by atoms with Crippen molar-refractivity contribution in [1.29, 1.82) is 0 Å². The number of hydrogen-bond donors (Lipinski definition) is 1. The highest BCUT2D eigenvalue weighted by atomic mass is 16.2. The second-order valence-electron chi connectivity index (χ2n) is 9.07. The Balaban J connectivity index is 1.52. The van der Waals surface area contributed by atoms with Crippen LogP contribution in [0, 0.1) is 18.8 Å². The predicted molar refractivity (Wildman–Crippen MR) is 124 cm³/mol. The van der Waals surface area contributed by atoms with Crippen LogP contribution in [0.1, 0.15) is 48.2 Å². The van der Waals surface area contributed by atoms with Crippen molar-refractivity contribution in [2.75, 3.05) is 32.0 Å². The minimum Gasteiger partial charge on any atom is -0.345 e. The lowest BCUT2D eigenvalue weighted by Gasteiger charge is -2.33. The van der Waals surface area contributed by atoms with Crippen LogP contribution in [0.3, 0.4) is 0 Å². The van der Waals surface area contributed by atoms with Gasteiger partial charge in [0.2, 0.25) is 5.91 Å². The molecular formula is C25H34N4O2. The van der Waals surface area contributed by atoms with Crippen molar-refractivity contribution in [3.63, 3.8) is 0 Å². The molecule has 2 aromatic rings. The number of amides is 2. The predicted octanol–water partition coefficient (Wildman–Crippen LogP) is 3.97. The summed E-state index contributed by atoms with van der Waals surface area (Å²) in [5.74, 6) is 0.749. The maximum absolute atomic E-state index is 12.6. The Bertz CT molecular complexity index is 904. The quantitative estimate of drug-likeness (QED) is 0.733. The molecule has 31 heavy (non-hydrogen) atoms. The Morgan fingerprint density at radius 1 is 1.19 bits per heavy atom. The van der Waals surface area contributed by atoms with E-state index in [4.69, 9.17) is 0 Å². The molecule has 1 fully saturated rings. The fourth-order valence-electron chi connectivity index (χ4n) is 4.18. The van der Waals surface area contributed by atoms with Crippen LogP contribution in [-0.4, -0.2) is 53.3 Å². The molecule has 0 aliphatic carbocycles. The summed E-state index contributed by atoms with van der Waals surface area (Å²) in [5.41, 5.74) is 3.45. The number of aromatic nitrogens is 1. The molecule has 3 rings (SSSR count). The van der Waals surface area contributed by atoms with Crippen molar-refractivity contribution in [3.05, 3.63) is 59.4 Å². The van der Waals surface area contributed by atoms with Gasteiger partial charge in [-0.15, -0.1) is 0 Å². The SMILES string of the molecule is Cc1cncc(C(=O)Nc2cccc(CN3CCC(C(=O)N(C)CC(C)C)CC3)c2)c1. The molecule has 6 nitrogen and oxygen atoms in total. The van der Waals surface area contributed by atoms with Gasteiger partial charge in [0, 0.05) is 44.1 Å². The van der Waals surface area contributed by atoms with Gasteiger partial charge in [-0.1, -0.05) is 26.0 Å². The third-order valence-corrected chi connectivity index (χ3v) is 5.68. The number of hydrogen-bond acceptors (Lipinski definition) is 4. The topological polar surface area (TPSA) is 65.5 Å². The summed E-state index contributed by atoms with van der Waals surface area (Å²) in [6.07, 6.45) is 5.11. The molecule has 0 saturated carbocycles. The van der Waals surface area contributed by atoms with E-state index < -0.39 is 0 Å². The van der Waals surface area contributed by atoms with Gasteiger partial charge in [-0.25, -0.2) is 0 Å². The summed E-state index contributed by atoms with van der Waals surface area (Å²) in [4.78, 5) is 33.5. The summed E-state index contributed by atoms with van der Waals surface area (Å²) < 4.78 is 0. The average molecular weight is 423 g/mol. The van der Waals surface area contributed by atoms with E-state index in [1.54, 1.807) is 12.4 Å². The normalized spacial score (nSPS) is 15.1. The molecule has 1 aromatic heterocycles. The minimum atomic E-state index is -0.154. The zero-order chi connectivity index (χ0) is 22.4. The van der Waals surface area contributed by atoms with Crippen molar-refractivity contribution < 1.29 is 9.59 Å². The number of piperidine rings is 1. The Hall–Kier alpha value is -2.73. The molecule has 1 aliphatic rings. The lowest BCUT2D eigenvalue weighted by molar-refractivity contribution is -0.136. The number of anilines is 1. The van der Waals surface area contributed by atoms with E-state index in [9.17, 15) is 9.59 Å². The van der Waals surface area contributed by atoms with Crippen LogP contribution in [0.5, 0.6) is 0 Å². The molecule has 1 aromatic carbocycles. The summed E-state index contributed by atoms with van der Waals surface area (Å²) >= 11 is 0. The van der Waals surface area contributed by atoms with E-state index in [1.165, 1.54) is 0 Å². The van der Waals surface area contributed by atoms with Gasteiger partial charge in [0.15, 0.2) is 0 Å². The van der Waals surface area contributed by atoms with Crippen LogP contribution in [0.2, 0.25) is 0 Å². The largest absolute Gasteiger partial charge is 0.345 e. The number of benzene rings is 1. The number of pyridine rings is 1. The molecule has 6 heteroatoms. The summed E-state index contributed by atoms with van der Waals surface area (Å²) in [7, 11) is 1.92. The minimum absolute atomic E-state index is 0.133. The summed E-state index contributed by atoms with van der Waals surface area (Å²) in [5, 5.41) is 2.97. The number of nitrogens with zero attached hydrogens (tertiary/aromatic N) is 3. The monoisotopic (exact) mass is 422 g/mol. The van der Waals surface area contributed by atoms with Crippen molar-refractivity contribution in [1.82, 2.24) is 14.8 Å². The van der Waals surface area contributed by atoms with Crippen LogP contribution >= 0.6 is 0 Å². The highest BCUT2D eigenvalue weighted by molar-refractivity contribution is 6.04. The van der Waals surface area contributed by atoms with Crippen molar-refractivity contribution in [3.8, 4) is 0 Å². The molecule has 1 aliphatic heterocycles. The van der Waals surface area contributed by atoms with E-state index in [0.29, 0.717) is 11.5 Å². The van der Waals surface area contributed by atoms with Crippen LogP contribution in [0.25, 0.3) is 0 Å². The number of nitrogens with one attached hydrogen (secondary N) is 1. The number of likely N-dealkylation sites (tertiary alicyclic amines) is 1. The van der Waals surface area contributed by atoms with Gasteiger partial charge in [-0.3, -0.25) is 19.5 Å². The first-order chi connectivity index (χ1) is 14.8. The molecule has 1 N–H and O–H groups in total. The summed E-state index contributed by atoms with van der Waals surface area (Å²) in [6.45, 7) is 9.66. The van der Waals surface area contributed by atoms with E-state index in [1.807, 2.05) is 43.1 Å². The third kappa shape index (κ3) is 6.62. The van der Waals surface area contributed by atoms with Crippen LogP contribution in [0.15, 0.2) is 42.7 Å². The lowest BCUT2D eigenvalue weighted by Crippen LogP contribution is -2.41. The van der Waals surface area contributed by atoms with Gasteiger partial charge >= 0.3 is 0 Å². The number of rotatable bonds is 7. The highest BCUT2D eigenvalue weighted by Crippen LogP contribution is 2.22. The van der Waals surface area contributed by atoms with Crippen LogP contribution < -0.4 is 5.32 Å². The second-order valence-corrected chi connectivity index (χ2v) is 9.07.